The molecular formula is C14H18ClNO5. The van der Waals surface area contributed by atoms with Crippen molar-refractivity contribution in [3.05, 3.63) is 28.8 Å². The third-order valence-electron chi connectivity index (χ3n) is 2.91. The molecule has 1 unspecified atom stereocenters. The van der Waals surface area contributed by atoms with E-state index in [9.17, 15) is 9.59 Å². The van der Waals surface area contributed by atoms with Crippen LogP contribution >= 0.6 is 11.6 Å². The van der Waals surface area contributed by atoms with Gasteiger partial charge in [0.2, 0.25) is 5.91 Å². The molecule has 0 radical (unpaired) electrons. The van der Waals surface area contributed by atoms with E-state index in [0.717, 1.165) is 5.56 Å². The first kappa shape index (κ1) is 17.3. The minimum atomic E-state index is -1.16. The fraction of sp³-hybridized carbons (Fsp3) is 0.429. The smallest absolute Gasteiger partial charge is 0.326 e. The van der Waals surface area contributed by atoms with Gasteiger partial charge in [-0.1, -0.05) is 17.7 Å². The highest BCUT2D eigenvalue weighted by atomic mass is 35.5. The molecule has 0 heterocycles. The molecule has 0 spiro atoms. The molecule has 7 heteroatoms. The largest absolute Gasteiger partial charge is 0.495 e. The Labute approximate surface area is 127 Å². The zero-order valence-electron chi connectivity index (χ0n) is 11.6. The van der Waals surface area contributed by atoms with E-state index in [0.29, 0.717) is 17.2 Å². The minimum Gasteiger partial charge on any atom is -0.495 e. The van der Waals surface area contributed by atoms with Gasteiger partial charge < -0.3 is 20.3 Å². The summed E-state index contributed by atoms with van der Waals surface area (Å²) in [5.41, 5.74) is 0.852. The SMILES string of the molecule is COc1ccc(CCC(=O)NC(CCO)C(=O)O)cc1Cl. The van der Waals surface area contributed by atoms with Crippen molar-refractivity contribution in [1.29, 1.82) is 0 Å². The Bertz CT molecular complexity index is 506. The summed E-state index contributed by atoms with van der Waals surface area (Å²) >= 11 is 5.98. The maximum atomic E-state index is 11.7. The van der Waals surface area contributed by atoms with Crippen molar-refractivity contribution >= 4 is 23.5 Å². The molecule has 0 bridgehead atoms. The molecule has 1 aromatic carbocycles. The van der Waals surface area contributed by atoms with E-state index >= 15 is 0 Å². The monoisotopic (exact) mass is 315 g/mol. The molecular weight excluding hydrogens is 298 g/mol. The molecule has 0 saturated heterocycles. The first-order valence-electron chi connectivity index (χ1n) is 6.43. The van der Waals surface area contributed by atoms with Crippen LogP contribution in [0.2, 0.25) is 5.02 Å². The number of aliphatic hydroxyl groups excluding tert-OH is 1. The van der Waals surface area contributed by atoms with E-state index in [4.69, 9.17) is 26.6 Å². The van der Waals surface area contributed by atoms with Crippen LogP contribution in [0.5, 0.6) is 5.75 Å². The van der Waals surface area contributed by atoms with Crippen LogP contribution in [0.4, 0.5) is 0 Å². The van der Waals surface area contributed by atoms with Gasteiger partial charge in [-0.3, -0.25) is 4.79 Å². The fourth-order valence-electron chi connectivity index (χ4n) is 1.78. The van der Waals surface area contributed by atoms with E-state index < -0.39 is 12.0 Å². The number of carbonyl (C=O) groups excluding carboxylic acids is 1. The van der Waals surface area contributed by atoms with E-state index in [2.05, 4.69) is 5.32 Å². The lowest BCUT2D eigenvalue weighted by atomic mass is 10.1. The molecule has 0 aromatic heterocycles. The van der Waals surface area contributed by atoms with Crippen LogP contribution in [0.3, 0.4) is 0 Å². The third kappa shape index (κ3) is 5.61. The summed E-state index contributed by atoms with van der Waals surface area (Å²) in [6.07, 6.45) is 0.550. The standard InChI is InChI=1S/C14H18ClNO5/c1-21-12-4-2-9(8-10(12)15)3-5-13(18)16-11(6-7-17)14(19)20/h2,4,8,11,17H,3,5-7H2,1H3,(H,16,18)(H,19,20). The van der Waals surface area contributed by atoms with Crippen LogP contribution in [0.1, 0.15) is 18.4 Å². The summed E-state index contributed by atoms with van der Waals surface area (Å²) in [6, 6.07) is 4.14. The summed E-state index contributed by atoms with van der Waals surface area (Å²) in [7, 11) is 1.52. The molecule has 0 aliphatic rings. The summed E-state index contributed by atoms with van der Waals surface area (Å²) in [5, 5.41) is 20.4. The van der Waals surface area contributed by atoms with Crippen LogP contribution < -0.4 is 10.1 Å². The van der Waals surface area contributed by atoms with Crippen LogP contribution in [0.25, 0.3) is 0 Å². The fourth-order valence-corrected chi connectivity index (χ4v) is 2.06. The average molecular weight is 316 g/mol. The van der Waals surface area contributed by atoms with Crippen LogP contribution in [0.15, 0.2) is 18.2 Å². The zero-order chi connectivity index (χ0) is 15.8. The average Bonchev–Trinajstić information content (AvgIpc) is 2.44. The van der Waals surface area contributed by atoms with Gasteiger partial charge in [0.25, 0.3) is 0 Å². The van der Waals surface area contributed by atoms with Crippen molar-refractivity contribution in [2.24, 2.45) is 0 Å². The second-order valence-electron chi connectivity index (χ2n) is 4.44. The summed E-state index contributed by atoms with van der Waals surface area (Å²) in [5.74, 6) is -0.994. The highest BCUT2D eigenvalue weighted by Gasteiger charge is 2.18. The first-order valence-corrected chi connectivity index (χ1v) is 6.81. The summed E-state index contributed by atoms with van der Waals surface area (Å²) < 4.78 is 5.03. The number of amides is 1. The molecule has 0 saturated carbocycles. The van der Waals surface area contributed by atoms with Crippen molar-refractivity contribution in [3.8, 4) is 5.75 Å². The maximum absolute atomic E-state index is 11.7. The number of rotatable bonds is 8. The molecule has 116 valence electrons. The Morgan fingerprint density at radius 2 is 2.14 bits per heavy atom. The number of carbonyl (C=O) groups is 2. The van der Waals surface area contributed by atoms with E-state index in [1.807, 2.05) is 0 Å². The molecule has 21 heavy (non-hydrogen) atoms. The highest BCUT2D eigenvalue weighted by molar-refractivity contribution is 6.32. The van der Waals surface area contributed by atoms with Gasteiger partial charge in [0.1, 0.15) is 11.8 Å². The molecule has 0 aliphatic carbocycles. The summed E-state index contributed by atoms with van der Waals surface area (Å²) in [4.78, 5) is 22.6. The molecule has 0 fully saturated rings. The molecule has 6 nitrogen and oxygen atoms in total. The maximum Gasteiger partial charge on any atom is 0.326 e. The number of hydrogen-bond acceptors (Lipinski definition) is 4. The molecule has 1 amide bonds. The van der Waals surface area contributed by atoms with Crippen molar-refractivity contribution in [1.82, 2.24) is 5.32 Å². The number of hydrogen-bond donors (Lipinski definition) is 3. The topological polar surface area (TPSA) is 95.9 Å². The normalized spacial score (nSPS) is 11.8. The van der Waals surface area contributed by atoms with Crippen LogP contribution in [-0.2, 0) is 16.0 Å². The van der Waals surface area contributed by atoms with Gasteiger partial charge in [-0.25, -0.2) is 4.79 Å². The first-order chi connectivity index (χ1) is 9.97. The number of aliphatic carboxylic acids is 1. The van der Waals surface area contributed by atoms with E-state index in [-0.39, 0.29) is 25.4 Å². The number of benzene rings is 1. The van der Waals surface area contributed by atoms with Gasteiger partial charge in [0.15, 0.2) is 0 Å². The van der Waals surface area contributed by atoms with Crippen LogP contribution in [-0.4, -0.2) is 41.8 Å². The number of ether oxygens (including phenoxy) is 1. The van der Waals surface area contributed by atoms with Crippen molar-refractivity contribution in [2.75, 3.05) is 13.7 Å². The Morgan fingerprint density at radius 3 is 2.67 bits per heavy atom. The van der Waals surface area contributed by atoms with Gasteiger partial charge in [0, 0.05) is 19.4 Å². The minimum absolute atomic E-state index is 0.0184. The Hall–Kier alpha value is -1.79. The quantitative estimate of drug-likeness (QED) is 0.670. The Balaban J connectivity index is 2.52. The number of methoxy groups -OCH3 is 1. The number of carboxylic acid groups (broad SMARTS) is 1. The van der Waals surface area contributed by atoms with E-state index in [1.165, 1.54) is 7.11 Å². The number of nitrogens with one attached hydrogen (secondary N) is 1. The highest BCUT2D eigenvalue weighted by Crippen LogP contribution is 2.25. The Morgan fingerprint density at radius 1 is 1.43 bits per heavy atom. The van der Waals surface area contributed by atoms with Gasteiger partial charge >= 0.3 is 5.97 Å². The number of halogens is 1. The molecule has 1 aromatic rings. The second kappa shape index (κ2) is 8.49. The lowest BCUT2D eigenvalue weighted by Gasteiger charge is -2.13. The second-order valence-corrected chi connectivity index (χ2v) is 4.85. The van der Waals surface area contributed by atoms with Crippen LogP contribution in [0, 0.1) is 0 Å². The predicted molar refractivity (Wildman–Crippen MR) is 77.6 cm³/mol. The molecule has 3 N–H and O–H groups in total. The number of carboxylic acids is 1. The van der Waals surface area contributed by atoms with Crippen molar-refractivity contribution < 1.29 is 24.5 Å². The van der Waals surface area contributed by atoms with Gasteiger partial charge in [-0.2, -0.15) is 0 Å². The van der Waals surface area contributed by atoms with Crippen molar-refractivity contribution in [3.63, 3.8) is 0 Å². The number of aryl methyl sites for hydroxylation is 1. The van der Waals surface area contributed by atoms with Gasteiger partial charge in [-0.15, -0.1) is 0 Å². The predicted octanol–water partition coefficient (Wildman–Crippen LogP) is 1.23. The lowest BCUT2D eigenvalue weighted by molar-refractivity contribution is -0.142. The molecule has 1 atom stereocenters. The van der Waals surface area contributed by atoms with Crippen molar-refractivity contribution in [2.45, 2.75) is 25.3 Å². The molecule has 1 rings (SSSR count). The van der Waals surface area contributed by atoms with Gasteiger partial charge in [-0.05, 0) is 24.1 Å². The lowest BCUT2D eigenvalue weighted by Crippen LogP contribution is -2.41. The zero-order valence-corrected chi connectivity index (χ0v) is 12.4. The molecule has 0 aliphatic heterocycles. The third-order valence-corrected chi connectivity index (χ3v) is 3.20. The summed E-state index contributed by atoms with van der Waals surface area (Å²) in [6.45, 7) is -0.300. The number of aliphatic hydroxyl groups is 1. The van der Waals surface area contributed by atoms with E-state index in [1.54, 1.807) is 18.2 Å². The van der Waals surface area contributed by atoms with Gasteiger partial charge in [0.05, 0.1) is 12.1 Å². The Kier molecular flexibility index (Phi) is 6.98.